The van der Waals surface area contributed by atoms with E-state index in [1.807, 2.05) is 11.5 Å². The predicted molar refractivity (Wildman–Crippen MR) is 112 cm³/mol. The number of likely N-dealkylation sites (tertiary alicyclic amines) is 1. The molecule has 7 heteroatoms. The van der Waals surface area contributed by atoms with E-state index in [1.54, 1.807) is 6.07 Å². The maximum atomic E-state index is 13.6. The number of hydrogen-bond acceptors (Lipinski definition) is 5. The van der Waals surface area contributed by atoms with E-state index in [1.165, 1.54) is 12.1 Å². The topological polar surface area (TPSA) is 64.2 Å². The third-order valence-corrected chi connectivity index (χ3v) is 6.69. The van der Waals surface area contributed by atoms with Crippen molar-refractivity contribution in [3.63, 3.8) is 0 Å². The highest BCUT2D eigenvalue weighted by Crippen LogP contribution is 2.32. The molecule has 0 amide bonds. The quantitative estimate of drug-likeness (QED) is 0.658. The minimum Gasteiger partial charge on any atom is -0.356 e. The van der Waals surface area contributed by atoms with E-state index in [0.717, 1.165) is 92.9 Å². The van der Waals surface area contributed by atoms with Crippen molar-refractivity contribution in [3.05, 3.63) is 57.1 Å². The lowest BCUT2D eigenvalue weighted by molar-refractivity contribution is 0.211. The molecule has 0 aliphatic carbocycles. The second kappa shape index (κ2) is 7.95. The molecule has 1 fully saturated rings. The molecule has 1 aromatic carbocycles. The van der Waals surface area contributed by atoms with Gasteiger partial charge >= 0.3 is 0 Å². The predicted octanol–water partition coefficient (Wildman–Crippen LogP) is 3.59. The van der Waals surface area contributed by atoms with Crippen LogP contribution in [-0.4, -0.2) is 39.2 Å². The Morgan fingerprint density at radius 2 is 2.03 bits per heavy atom. The Kier molecular flexibility index (Phi) is 5.15. The molecular formula is C23H27FN4O2. The van der Waals surface area contributed by atoms with Gasteiger partial charge in [0.05, 0.1) is 5.69 Å². The Bertz CT molecular complexity index is 1130. The molecule has 0 saturated carbocycles. The van der Waals surface area contributed by atoms with Gasteiger partial charge in [-0.25, -0.2) is 9.37 Å². The Morgan fingerprint density at radius 1 is 1.20 bits per heavy atom. The number of nitrogens with zero attached hydrogens (tertiary/aromatic N) is 4. The van der Waals surface area contributed by atoms with Crippen LogP contribution in [0.25, 0.3) is 11.0 Å². The molecule has 6 nitrogen and oxygen atoms in total. The fraction of sp³-hybridized carbons (Fsp3) is 0.522. The maximum absolute atomic E-state index is 13.6. The number of halogens is 1. The monoisotopic (exact) mass is 410 g/mol. The summed E-state index contributed by atoms with van der Waals surface area (Å²) < 4.78 is 20.9. The molecule has 0 radical (unpaired) electrons. The van der Waals surface area contributed by atoms with Gasteiger partial charge in [-0.2, -0.15) is 0 Å². The summed E-state index contributed by atoms with van der Waals surface area (Å²) in [6.45, 7) is 5.50. The first-order valence-electron chi connectivity index (χ1n) is 11.0. The van der Waals surface area contributed by atoms with Crippen molar-refractivity contribution in [3.8, 4) is 0 Å². The van der Waals surface area contributed by atoms with E-state index in [9.17, 15) is 9.18 Å². The van der Waals surface area contributed by atoms with E-state index >= 15 is 0 Å². The van der Waals surface area contributed by atoms with E-state index in [4.69, 9.17) is 9.51 Å². The Morgan fingerprint density at radius 3 is 2.87 bits per heavy atom. The smallest absolute Gasteiger partial charge is 0.256 e. The number of fused-ring (bicyclic) bond motifs is 2. The Balaban J connectivity index is 1.24. The van der Waals surface area contributed by atoms with Crippen molar-refractivity contribution in [2.24, 2.45) is 0 Å². The van der Waals surface area contributed by atoms with E-state index in [-0.39, 0.29) is 17.3 Å². The molecule has 158 valence electrons. The average Bonchev–Trinajstić information content (AvgIpc) is 3.17. The summed E-state index contributed by atoms with van der Waals surface area (Å²) in [4.78, 5) is 20.0. The van der Waals surface area contributed by atoms with Crippen LogP contribution in [-0.2, 0) is 19.4 Å². The highest BCUT2D eigenvalue weighted by Gasteiger charge is 2.26. The fourth-order valence-corrected chi connectivity index (χ4v) is 4.94. The van der Waals surface area contributed by atoms with Crippen LogP contribution in [0, 0.1) is 12.7 Å². The van der Waals surface area contributed by atoms with Crippen molar-refractivity contribution >= 4 is 11.0 Å². The Hall–Kier alpha value is -2.54. The molecule has 0 spiro atoms. The molecule has 4 heterocycles. The van der Waals surface area contributed by atoms with E-state index in [2.05, 4.69) is 10.1 Å². The standard InChI is InChI=1S/C23H27FN4O2/c1-15-18(23(29)28-10-3-2-4-21(28)25-15)9-13-27-11-7-16(8-12-27)22-19-14-17(24)5-6-20(19)30-26-22/h5-6,14,16H,2-4,7-13H2,1H3. The largest absolute Gasteiger partial charge is 0.356 e. The lowest BCUT2D eigenvalue weighted by Crippen LogP contribution is -2.37. The molecule has 0 bridgehead atoms. The van der Waals surface area contributed by atoms with Crippen LogP contribution in [0.3, 0.4) is 0 Å². The zero-order valence-corrected chi connectivity index (χ0v) is 17.4. The molecule has 2 aliphatic heterocycles. The maximum Gasteiger partial charge on any atom is 0.256 e. The molecule has 0 atom stereocenters. The Labute approximate surface area is 174 Å². The van der Waals surface area contributed by atoms with Crippen LogP contribution in [0.2, 0.25) is 0 Å². The molecule has 1 saturated heterocycles. The number of aryl methyl sites for hydroxylation is 2. The molecule has 0 N–H and O–H groups in total. The lowest BCUT2D eigenvalue weighted by atomic mass is 9.91. The summed E-state index contributed by atoms with van der Waals surface area (Å²) in [5.74, 6) is 0.969. The summed E-state index contributed by atoms with van der Waals surface area (Å²) in [6, 6.07) is 4.57. The lowest BCUT2D eigenvalue weighted by Gasteiger charge is -2.31. The summed E-state index contributed by atoms with van der Waals surface area (Å²) >= 11 is 0. The van der Waals surface area contributed by atoms with Gasteiger partial charge in [-0.15, -0.1) is 0 Å². The number of aromatic nitrogens is 3. The molecule has 0 unspecified atom stereocenters. The van der Waals surface area contributed by atoms with Gasteiger partial charge in [0.15, 0.2) is 5.58 Å². The fourth-order valence-electron chi connectivity index (χ4n) is 4.94. The van der Waals surface area contributed by atoms with Gasteiger partial charge in [-0.1, -0.05) is 5.16 Å². The van der Waals surface area contributed by atoms with Gasteiger partial charge in [-0.3, -0.25) is 9.36 Å². The van der Waals surface area contributed by atoms with Crippen LogP contribution >= 0.6 is 0 Å². The first-order chi connectivity index (χ1) is 14.6. The summed E-state index contributed by atoms with van der Waals surface area (Å²) in [6.07, 6.45) is 5.74. The van der Waals surface area contributed by atoms with Crippen LogP contribution in [0.15, 0.2) is 27.5 Å². The van der Waals surface area contributed by atoms with Crippen molar-refractivity contribution in [1.82, 2.24) is 19.6 Å². The molecule has 2 aliphatic rings. The average molecular weight is 410 g/mol. The highest BCUT2D eigenvalue weighted by molar-refractivity contribution is 5.79. The molecular weight excluding hydrogens is 383 g/mol. The minimum atomic E-state index is -0.260. The number of benzene rings is 1. The van der Waals surface area contributed by atoms with Gasteiger partial charge in [0.25, 0.3) is 5.56 Å². The molecule has 5 rings (SSSR count). The minimum absolute atomic E-state index is 0.156. The van der Waals surface area contributed by atoms with Crippen LogP contribution in [0.5, 0.6) is 0 Å². The van der Waals surface area contributed by atoms with Gasteiger partial charge < -0.3 is 9.42 Å². The van der Waals surface area contributed by atoms with Crippen molar-refractivity contribution in [2.45, 2.75) is 57.9 Å². The highest BCUT2D eigenvalue weighted by atomic mass is 19.1. The molecule has 2 aromatic heterocycles. The van der Waals surface area contributed by atoms with Gasteiger partial charge in [0.2, 0.25) is 0 Å². The van der Waals surface area contributed by atoms with E-state index < -0.39 is 0 Å². The second-order valence-corrected chi connectivity index (χ2v) is 8.58. The second-order valence-electron chi connectivity index (χ2n) is 8.58. The summed E-state index contributed by atoms with van der Waals surface area (Å²) in [5, 5.41) is 5.02. The van der Waals surface area contributed by atoms with Crippen LogP contribution in [0.1, 0.15) is 54.4 Å². The van der Waals surface area contributed by atoms with Crippen LogP contribution < -0.4 is 5.56 Å². The van der Waals surface area contributed by atoms with Crippen molar-refractivity contribution in [2.75, 3.05) is 19.6 Å². The van der Waals surface area contributed by atoms with Crippen molar-refractivity contribution < 1.29 is 8.91 Å². The first kappa shape index (κ1) is 19.4. The normalized spacial score (nSPS) is 18.1. The van der Waals surface area contributed by atoms with Crippen molar-refractivity contribution in [1.29, 1.82) is 0 Å². The number of rotatable bonds is 4. The number of piperidine rings is 1. The zero-order chi connectivity index (χ0) is 20.7. The zero-order valence-electron chi connectivity index (χ0n) is 17.4. The summed E-state index contributed by atoms with van der Waals surface area (Å²) in [5.41, 5.74) is 3.42. The van der Waals surface area contributed by atoms with Gasteiger partial charge in [0.1, 0.15) is 11.6 Å². The van der Waals surface area contributed by atoms with E-state index in [0.29, 0.717) is 5.58 Å². The van der Waals surface area contributed by atoms with Crippen LogP contribution in [0.4, 0.5) is 4.39 Å². The third-order valence-electron chi connectivity index (χ3n) is 6.69. The first-order valence-corrected chi connectivity index (χ1v) is 11.0. The SMILES string of the molecule is Cc1nc2n(c(=O)c1CCN1CCC(c3noc4ccc(F)cc34)CC1)CCCC2. The molecule has 30 heavy (non-hydrogen) atoms. The van der Waals surface area contributed by atoms with Gasteiger partial charge in [-0.05, 0) is 70.3 Å². The molecule has 3 aromatic rings. The van der Waals surface area contributed by atoms with Gasteiger partial charge in [0, 0.05) is 42.1 Å². The summed E-state index contributed by atoms with van der Waals surface area (Å²) in [7, 11) is 0. The number of hydrogen-bond donors (Lipinski definition) is 0. The third kappa shape index (κ3) is 3.55.